The van der Waals surface area contributed by atoms with Gasteiger partial charge >= 0.3 is 6.03 Å². The lowest BCUT2D eigenvalue weighted by Crippen LogP contribution is -2.44. The number of benzene rings is 1. The molecule has 144 valence electrons. The van der Waals surface area contributed by atoms with Gasteiger partial charge in [-0.1, -0.05) is 49.6 Å². The Morgan fingerprint density at radius 3 is 2.81 bits per heavy atom. The molecule has 1 fully saturated rings. The molecule has 6 nitrogen and oxygen atoms in total. The second-order valence-electron chi connectivity index (χ2n) is 7.52. The Bertz CT molecular complexity index is 753. The first-order valence-electron chi connectivity index (χ1n) is 10.0. The van der Waals surface area contributed by atoms with E-state index in [-0.39, 0.29) is 12.1 Å². The van der Waals surface area contributed by atoms with Gasteiger partial charge in [0.15, 0.2) is 0 Å². The Labute approximate surface area is 160 Å². The summed E-state index contributed by atoms with van der Waals surface area (Å²) in [4.78, 5) is 12.2. The van der Waals surface area contributed by atoms with Crippen LogP contribution in [0.1, 0.15) is 55.0 Å². The maximum Gasteiger partial charge on any atom is 0.315 e. The maximum atomic E-state index is 12.2. The summed E-state index contributed by atoms with van der Waals surface area (Å²) in [7, 11) is 0. The highest BCUT2D eigenvalue weighted by molar-refractivity contribution is 5.74. The minimum Gasteiger partial charge on any atom is -0.370 e. The molecular weight excluding hydrogens is 340 g/mol. The van der Waals surface area contributed by atoms with E-state index in [4.69, 9.17) is 9.84 Å². The first-order chi connectivity index (χ1) is 13.3. The van der Waals surface area contributed by atoms with Crippen LogP contribution < -0.4 is 10.6 Å². The molecule has 2 amide bonds. The minimum absolute atomic E-state index is 0.0960. The van der Waals surface area contributed by atoms with Crippen molar-refractivity contribution in [3.63, 3.8) is 0 Å². The number of urea groups is 1. The van der Waals surface area contributed by atoms with E-state index in [1.165, 1.54) is 30.4 Å². The summed E-state index contributed by atoms with van der Waals surface area (Å²) in [6.45, 7) is 1.87. The van der Waals surface area contributed by atoms with Gasteiger partial charge in [0.05, 0.1) is 25.4 Å². The quantitative estimate of drug-likeness (QED) is 0.852. The molecule has 27 heavy (non-hydrogen) atoms. The van der Waals surface area contributed by atoms with Crippen molar-refractivity contribution in [2.75, 3.05) is 13.2 Å². The molecule has 1 unspecified atom stereocenters. The average Bonchev–Trinajstić information content (AvgIpc) is 3.11. The summed E-state index contributed by atoms with van der Waals surface area (Å²) in [5, 5.41) is 10.8. The molecule has 1 atom stereocenters. The van der Waals surface area contributed by atoms with Gasteiger partial charge in [0.2, 0.25) is 0 Å². The third kappa shape index (κ3) is 4.69. The molecule has 0 saturated heterocycles. The first-order valence-corrected chi connectivity index (χ1v) is 10.0. The second-order valence-corrected chi connectivity index (χ2v) is 7.52. The van der Waals surface area contributed by atoms with E-state index in [0.29, 0.717) is 19.2 Å². The van der Waals surface area contributed by atoms with Gasteiger partial charge in [-0.25, -0.2) is 4.79 Å². The summed E-state index contributed by atoms with van der Waals surface area (Å²) in [5.74, 6) is 0. The molecule has 2 N–H and O–H groups in total. The van der Waals surface area contributed by atoms with E-state index in [1.807, 2.05) is 22.9 Å². The van der Waals surface area contributed by atoms with Gasteiger partial charge in [0, 0.05) is 12.2 Å². The van der Waals surface area contributed by atoms with E-state index in [1.54, 1.807) is 0 Å². The number of nitrogens with zero attached hydrogens (tertiary/aromatic N) is 2. The molecule has 0 radical (unpaired) electrons. The number of ether oxygens (including phenoxy) is 1. The van der Waals surface area contributed by atoms with Crippen LogP contribution in [0.4, 0.5) is 4.79 Å². The van der Waals surface area contributed by atoms with Gasteiger partial charge < -0.3 is 15.4 Å². The topological polar surface area (TPSA) is 68.2 Å². The number of aromatic nitrogens is 2. The van der Waals surface area contributed by atoms with Gasteiger partial charge in [0.25, 0.3) is 0 Å². The molecule has 0 bridgehead atoms. The third-order valence-electron chi connectivity index (χ3n) is 5.44. The molecule has 6 heteroatoms. The highest BCUT2D eigenvalue weighted by Gasteiger charge is 2.25. The Balaban J connectivity index is 1.34. The highest BCUT2D eigenvalue weighted by Crippen LogP contribution is 2.25. The van der Waals surface area contributed by atoms with Gasteiger partial charge in [-0.05, 0) is 30.4 Å². The molecule has 1 aromatic carbocycles. The Morgan fingerprint density at radius 2 is 2.00 bits per heavy atom. The Morgan fingerprint density at radius 1 is 1.19 bits per heavy atom. The smallest absolute Gasteiger partial charge is 0.315 e. The van der Waals surface area contributed by atoms with E-state index in [0.717, 1.165) is 31.5 Å². The molecule has 4 rings (SSSR count). The van der Waals surface area contributed by atoms with Crippen LogP contribution in [0.3, 0.4) is 0 Å². The molecule has 1 aromatic heterocycles. The maximum absolute atomic E-state index is 12.2. The summed E-state index contributed by atoms with van der Waals surface area (Å²) >= 11 is 0. The summed E-state index contributed by atoms with van der Waals surface area (Å²) < 4.78 is 7.87. The number of carbonyl (C=O) groups is 1. The molecule has 2 aromatic rings. The average molecular weight is 368 g/mol. The normalized spacial score (nSPS) is 20.1. The fourth-order valence-corrected chi connectivity index (χ4v) is 4.01. The zero-order chi connectivity index (χ0) is 18.5. The molecule has 0 spiro atoms. The third-order valence-corrected chi connectivity index (χ3v) is 5.44. The van der Waals surface area contributed by atoms with Crippen molar-refractivity contribution in [1.82, 2.24) is 20.4 Å². The summed E-state index contributed by atoms with van der Waals surface area (Å²) in [6.07, 6.45) is 8.67. The van der Waals surface area contributed by atoms with E-state index in [9.17, 15) is 4.79 Å². The van der Waals surface area contributed by atoms with Crippen molar-refractivity contribution in [1.29, 1.82) is 0 Å². The van der Waals surface area contributed by atoms with Crippen molar-refractivity contribution in [2.24, 2.45) is 0 Å². The number of hydrogen-bond acceptors (Lipinski definition) is 3. The molecule has 2 aliphatic rings. The van der Waals surface area contributed by atoms with Crippen molar-refractivity contribution < 1.29 is 9.53 Å². The van der Waals surface area contributed by atoms with Crippen LogP contribution in [0.5, 0.6) is 0 Å². The van der Waals surface area contributed by atoms with Crippen molar-refractivity contribution in [3.8, 4) is 0 Å². The fraction of sp³-hybridized carbons (Fsp3) is 0.524. The Hall–Kier alpha value is -2.34. The van der Waals surface area contributed by atoms with E-state index >= 15 is 0 Å². The van der Waals surface area contributed by atoms with Crippen LogP contribution in [0.2, 0.25) is 0 Å². The molecule has 1 aliphatic carbocycles. The van der Waals surface area contributed by atoms with Crippen LogP contribution in [0, 0.1) is 0 Å². The number of amides is 2. The number of fused-ring (bicyclic) bond motifs is 1. The van der Waals surface area contributed by atoms with Crippen molar-refractivity contribution >= 4 is 6.03 Å². The molecule has 2 heterocycles. The molecular formula is C21H28N4O2. The summed E-state index contributed by atoms with van der Waals surface area (Å²) in [5.41, 5.74) is 3.40. The first kappa shape index (κ1) is 18.0. The molecule has 1 aliphatic heterocycles. The molecule has 1 saturated carbocycles. The van der Waals surface area contributed by atoms with Crippen LogP contribution in [0.25, 0.3) is 0 Å². The van der Waals surface area contributed by atoms with Gasteiger partial charge in [0.1, 0.15) is 6.10 Å². The summed E-state index contributed by atoms with van der Waals surface area (Å²) in [6, 6.07) is 10.5. The predicted octanol–water partition coefficient (Wildman–Crippen LogP) is 3.18. The van der Waals surface area contributed by atoms with Crippen molar-refractivity contribution in [2.45, 2.75) is 57.2 Å². The van der Waals surface area contributed by atoms with Gasteiger partial charge in [-0.15, -0.1) is 0 Å². The lowest BCUT2D eigenvalue weighted by atomic mass is 9.96. The number of rotatable bonds is 5. The predicted molar refractivity (Wildman–Crippen MR) is 104 cm³/mol. The zero-order valence-corrected chi connectivity index (χ0v) is 15.7. The van der Waals surface area contributed by atoms with Crippen LogP contribution in [0.15, 0.2) is 36.5 Å². The minimum atomic E-state index is -0.178. The highest BCUT2D eigenvalue weighted by atomic mass is 16.5. The second kappa shape index (κ2) is 8.57. The SMILES string of the molecule is O=C(NCC1OCCc2cn(Cc3ccccc3)nc21)NC1CCCCC1. The fourth-order valence-electron chi connectivity index (χ4n) is 4.01. The monoisotopic (exact) mass is 368 g/mol. The van der Waals surface area contributed by atoms with Gasteiger partial charge in [-0.3, -0.25) is 4.68 Å². The van der Waals surface area contributed by atoms with Gasteiger partial charge in [-0.2, -0.15) is 5.10 Å². The van der Waals surface area contributed by atoms with Crippen molar-refractivity contribution in [3.05, 3.63) is 53.3 Å². The number of nitrogens with one attached hydrogen (secondary N) is 2. The lowest BCUT2D eigenvalue weighted by molar-refractivity contribution is 0.0410. The Kier molecular flexibility index (Phi) is 5.72. The van der Waals surface area contributed by atoms with E-state index < -0.39 is 0 Å². The van der Waals surface area contributed by atoms with Crippen LogP contribution >= 0.6 is 0 Å². The zero-order valence-electron chi connectivity index (χ0n) is 15.7. The standard InChI is InChI=1S/C21H28N4O2/c26-21(23-18-9-5-2-6-10-18)22-13-19-20-17(11-12-27-19)15-25(24-20)14-16-7-3-1-4-8-16/h1,3-4,7-8,15,18-19H,2,5-6,9-14H2,(H2,22,23,26). The number of carbonyl (C=O) groups excluding carboxylic acids is 1. The lowest BCUT2D eigenvalue weighted by Gasteiger charge is -2.25. The van der Waals surface area contributed by atoms with Crippen LogP contribution in [-0.4, -0.2) is 35.0 Å². The van der Waals surface area contributed by atoms with Crippen LogP contribution in [-0.2, 0) is 17.7 Å². The van der Waals surface area contributed by atoms with E-state index in [2.05, 4.69) is 29.0 Å². The number of hydrogen-bond donors (Lipinski definition) is 2. The largest absolute Gasteiger partial charge is 0.370 e.